The van der Waals surface area contributed by atoms with Gasteiger partial charge in [-0.25, -0.2) is 4.79 Å². The molecule has 28 aromatic carbocycles. The lowest BCUT2D eigenvalue weighted by molar-refractivity contribution is -0.162. The Balaban J connectivity index is 1.21. The van der Waals surface area contributed by atoms with Crippen LogP contribution in [0.1, 0.15) is 36.1 Å². The molecule has 3 nitrogen and oxygen atoms in total. The molecule has 0 bridgehead atoms. The molecule has 2 spiro atoms. The first-order chi connectivity index (χ1) is 34.3. The highest BCUT2D eigenvalue weighted by molar-refractivity contribution is 6.82. The Morgan fingerprint density at radius 2 is 0.391 bits per heavy atom. The van der Waals surface area contributed by atoms with Crippen LogP contribution in [0.15, 0.2) is 0 Å². The summed E-state index contributed by atoms with van der Waals surface area (Å²) in [5.41, 5.74) is 3.06. The molecule has 1 fully saturated rings. The molecule has 0 radical (unpaired) electrons. The van der Waals surface area contributed by atoms with Crippen LogP contribution in [0.5, 0.6) is 0 Å². The summed E-state index contributed by atoms with van der Waals surface area (Å²) in [5.74, 6) is -0.137. The molecule has 0 saturated heterocycles. The number of hydrogen-bond acceptors (Lipinski definition) is 3. The van der Waals surface area contributed by atoms with E-state index in [0.717, 1.165) is 0 Å². The summed E-state index contributed by atoms with van der Waals surface area (Å²) in [7, 11) is 0. The van der Waals surface area contributed by atoms with E-state index < -0.39 is 16.4 Å². The van der Waals surface area contributed by atoms with Gasteiger partial charge in [0.1, 0.15) is 0 Å². The quantitative estimate of drug-likeness (QED) is 0.131. The van der Waals surface area contributed by atoms with Gasteiger partial charge in [-0.2, -0.15) is 0 Å². The maximum Gasteiger partial charge on any atom is 0.341 e. The minimum absolute atomic E-state index is 0.137. The third kappa shape index (κ3) is 1.29. The van der Waals surface area contributed by atoms with Crippen LogP contribution in [0.25, 0.3) is 291 Å². The Bertz CT molecular complexity index is 6610. The molecule has 0 atom stereocenters. The second-order valence-electron chi connectivity index (χ2n) is 25.1. The predicted molar refractivity (Wildman–Crippen MR) is 285 cm³/mol. The molecule has 0 aromatic heterocycles. The van der Waals surface area contributed by atoms with Crippen LogP contribution in [0.4, 0.5) is 0 Å². The minimum Gasteiger partial charge on any atom is -0.464 e. The van der Waals surface area contributed by atoms with Crippen molar-refractivity contribution in [2.75, 3.05) is 13.2 Å². The number of benzene rings is 18. The summed E-state index contributed by atoms with van der Waals surface area (Å²) in [6, 6.07) is 0. The number of carbonyl (C=O) groups is 1. The van der Waals surface area contributed by atoms with Gasteiger partial charge in [0.2, 0.25) is 0 Å². The van der Waals surface area contributed by atoms with E-state index in [2.05, 4.69) is 6.92 Å². The van der Waals surface area contributed by atoms with Crippen LogP contribution in [-0.4, -0.2) is 24.8 Å². The third-order valence-corrected chi connectivity index (χ3v) is 25.2. The average molecular weight is 851 g/mol. The minimum atomic E-state index is -1.26. The van der Waals surface area contributed by atoms with Gasteiger partial charge in [0.05, 0.1) is 17.4 Å². The van der Waals surface area contributed by atoms with Gasteiger partial charge in [-0.1, -0.05) is 0 Å². The topological polar surface area (TPSA) is 35.5 Å². The van der Waals surface area contributed by atoms with E-state index in [9.17, 15) is 0 Å². The molecule has 69 heavy (non-hydrogen) atoms. The number of ether oxygens (including phenoxy) is 2. The van der Waals surface area contributed by atoms with Gasteiger partial charge < -0.3 is 9.47 Å². The Labute approximate surface area is 375 Å². The average Bonchev–Trinajstić information content (AvgIpc) is 4.23. The molecule has 292 valence electrons. The maximum absolute atomic E-state index is 16.5. The van der Waals surface area contributed by atoms with Gasteiger partial charge in [0.15, 0.2) is 5.60 Å². The van der Waals surface area contributed by atoms with Crippen LogP contribution in [0.2, 0.25) is 0 Å². The van der Waals surface area contributed by atoms with E-state index >= 15 is 4.79 Å². The second kappa shape index (κ2) is 5.70. The number of hydrogen-bond donors (Lipinski definition) is 0. The molecule has 0 unspecified atom stereocenters. The molecular formula is C66H10O3. The van der Waals surface area contributed by atoms with Gasteiger partial charge in [0, 0.05) is 6.61 Å². The van der Waals surface area contributed by atoms with E-state index in [1.165, 1.54) is 108 Å². The standard InChI is InChI=1S/C66H10O3/c1-3-68-63(67)66(69-4-2)64-59-51-43-33-23-15-7-5-6-9-13-11(7)19-27-21(13)31-25-17(9)18-10(6)14-12-8(5)16(15)24-30-20(12)28-22(14)32-26(18)36-35(25)45-39(31)49-41(27)47(37(43)29(19)23)55(59)57(49)61-53(45)54-46(36)40(32)50-42(28)48-38(30)44(34(24)33)52(51)60(64)56(48)58(50)62(54)65(61,64)66/h3-4H2,1-2H3. The van der Waals surface area contributed by atoms with E-state index in [1.807, 2.05) is 6.92 Å². The molecule has 0 heterocycles. The summed E-state index contributed by atoms with van der Waals surface area (Å²) in [6.07, 6.45) is 0. The summed E-state index contributed by atoms with van der Waals surface area (Å²) >= 11 is 0. The Kier molecular flexibility index (Phi) is 2.14. The zero-order valence-electron chi connectivity index (χ0n) is 35.6. The zero-order valence-corrected chi connectivity index (χ0v) is 35.6. The molecule has 1 saturated carbocycles. The van der Waals surface area contributed by atoms with Crippen molar-refractivity contribution < 1.29 is 14.3 Å². The summed E-state index contributed by atoms with van der Waals surface area (Å²) in [6.45, 7) is 4.96. The Morgan fingerprint density at radius 3 is 0.522 bits per heavy atom. The van der Waals surface area contributed by atoms with Gasteiger partial charge >= 0.3 is 5.97 Å². The highest BCUT2D eigenvalue weighted by Crippen LogP contribution is 2.94. The van der Waals surface area contributed by atoms with Gasteiger partial charge in [-0.3, -0.25) is 0 Å². The fourth-order valence-electron chi connectivity index (χ4n) is 25.5. The van der Waals surface area contributed by atoms with E-state index in [0.29, 0.717) is 13.2 Å². The Morgan fingerprint density at radius 1 is 0.246 bits per heavy atom. The summed E-state index contributed by atoms with van der Waals surface area (Å²) in [4.78, 5) is 16.5. The smallest absolute Gasteiger partial charge is 0.341 e. The SMILES string of the molecule is CCOC(=O)C1(OCC)C23c4c5c6c7c8c9c(c%10c%11c2c2c4c4c%12c5c5c6c6c8c8c%13c9c9c%10c%10c%11c%11c2c2c4c4c%12c%12c5c5c6c8c6c8c%13c9c9c%10c%10c%11c2c2c4c4c%12c5c6c5c8c9c%10c2c45)C713. The van der Waals surface area contributed by atoms with E-state index in [4.69, 9.17) is 9.47 Å². The lowest BCUT2D eigenvalue weighted by Crippen LogP contribution is -2.39. The second-order valence-corrected chi connectivity index (χ2v) is 25.1. The van der Waals surface area contributed by atoms with Crippen molar-refractivity contribution in [3.05, 3.63) is 22.3 Å². The summed E-state index contributed by atoms with van der Waals surface area (Å²) < 4.78 is 14.5. The van der Waals surface area contributed by atoms with E-state index in [1.54, 1.807) is 205 Å². The van der Waals surface area contributed by atoms with Gasteiger partial charge in [0.25, 0.3) is 0 Å². The van der Waals surface area contributed by atoms with Crippen LogP contribution in [-0.2, 0) is 25.1 Å². The molecule has 28 aromatic rings. The van der Waals surface area contributed by atoms with Crippen LogP contribution in [0, 0.1) is 0 Å². The van der Waals surface area contributed by atoms with Crippen molar-refractivity contribution in [2.45, 2.75) is 30.3 Å². The van der Waals surface area contributed by atoms with Crippen LogP contribution in [0.3, 0.4) is 0 Å². The van der Waals surface area contributed by atoms with Crippen molar-refractivity contribution in [1.29, 1.82) is 0 Å². The van der Waals surface area contributed by atoms with Crippen molar-refractivity contribution in [1.82, 2.24) is 0 Å². The lowest BCUT2D eigenvalue weighted by Gasteiger charge is -2.31. The Hall–Kier alpha value is -8.11. The normalized spacial score (nSPS) is 24.5. The van der Waals surface area contributed by atoms with Crippen molar-refractivity contribution in [2.24, 2.45) is 0 Å². The number of esters is 1. The molecule has 0 amide bonds. The van der Waals surface area contributed by atoms with Crippen LogP contribution < -0.4 is 0 Å². The fourth-order valence-corrected chi connectivity index (χ4v) is 25.5. The number of carbonyl (C=O) groups excluding carboxylic acids is 1. The number of rotatable bonds is 4. The first-order valence-corrected chi connectivity index (χ1v) is 25.9. The van der Waals surface area contributed by atoms with Gasteiger partial charge in [-0.15, -0.1) is 0 Å². The van der Waals surface area contributed by atoms with Crippen molar-refractivity contribution in [3.8, 4) is 0 Å². The predicted octanol–water partition coefficient (Wildman–Crippen LogP) is 16.6. The van der Waals surface area contributed by atoms with Gasteiger partial charge in [-0.05, 0) is 327 Å². The lowest BCUT2D eigenvalue weighted by atomic mass is 9.68. The molecule has 5 aliphatic carbocycles. The largest absolute Gasteiger partial charge is 0.464 e. The zero-order chi connectivity index (χ0) is 41.4. The third-order valence-electron chi connectivity index (χ3n) is 25.2. The van der Waals surface area contributed by atoms with E-state index in [-0.39, 0.29) is 5.97 Å². The molecule has 0 N–H and O–H groups in total. The van der Waals surface area contributed by atoms with Crippen molar-refractivity contribution >= 4 is 297 Å². The highest BCUT2D eigenvalue weighted by atomic mass is 16.6. The highest BCUT2D eigenvalue weighted by Gasteiger charge is 2.99. The molecule has 0 aliphatic heterocycles. The fraction of sp³-hybridized carbons (Fsp3) is 0.106. The monoisotopic (exact) mass is 850 g/mol. The molecular weight excluding hydrogens is 841 g/mol. The first-order valence-electron chi connectivity index (χ1n) is 25.9. The van der Waals surface area contributed by atoms with Crippen molar-refractivity contribution in [3.63, 3.8) is 0 Å². The molecule has 3 heteroatoms. The molecule has 5 aliphatic rings. The first kappa shape index (κ1) is 25.9. The summed E-state index contributed by atoms with van der Waals surface area (Å²) in [5, 5.41) is 84.2. The maximum atomic E-state index is 16.5. The van der Waals surface area contributed by atoms with Crippen LogP contribution >= 0.6 is 0 Å². The molecule has 33 rings (SSSR count).